The lowest BCUT2D eigenvalue weighted by molar-refractivity contribution is -0.132. The zero-order valence-corrected chi connectivity index (χ0v) is 13.9. The average molecular weight is 354 g/mol. The number of thiophene rings is 1. The minimum atomic E-state index is -1.14. The van der Waals surface area contributed by atoms with Gasteiger partial charge in [0.1, 0.15) is 12.2 Å². The van der Waals surface area contributed by atoms with E-state index in [1.165, 1.54) is 4.90 Å². The molecule has 1 aromatic heterocycles. The second kappa shape index (κ2) is 7.26. The van der Waals surface area contributed by atoms with Crippen LogP contribution in [0.4, 0.5) is 4.39 Å². The quantitative estimate of drug-likeness (QED) is 0.922. The summed E-state index contributed by atoms with van der Waals surface area (Å²) in [5.41, 5.74) is 7.04. The molecule has 1 aliphatic rings. The summed E-state index contributed by atoms with van der Waals surface area (Å²) < 4.78 is 14.6. The number of rotatable bonds is 3. The lowest BCUT2D eigenvalue weighted by Gasteiger charge is -2.23. The molecule has 1 aliphatic heterocycles. The number of amides is 1. The van der Waals surface area contributed by atoms with E-state index in [9.17, 15) is 9.18 Å². The average Bonchev–Trinajstić information content (AvgIpc) is 3.10. The number of carbonyl (C=O) groups excluding carboxylic acids is 1. The van der Waals surface area contributed by atoms with Gasteiger partial charge in [-0.2, -0.15) is 5.26 Å². The van der Waals surface area contributed by atoms with Gasteiger partial charge in [0.05, 0.1) is 18.7 Å². The van der Waals surface area contributed by atoms with Crippen molar-refractivity contribution in [2.45, 2.75) is 31.1 Å². The van der Waals surface area contributed by atoms with Crippen LogP contribution in [0, 0.1) is 11.3 Å². The zero-order valence-electron chi connectivity index (χ0n) is 12.3. The monoisotopic (exact) mass is 353 g/mol. The minimum absolute atomic E-state index is 0. The van der Waals surface area contributed by atoms with E-state index < -0.39 is 18.3 Å². The maximum absolute atomic E-state index is 13.4. The van der Waals surface area contributed by atoms with E-state index in [4.69, 9.17) is 11.0 Å². The van der Waals surface area contributed by atoms with Crippen LogP contribution in [0.15, 0.2) is 29.6 Å². The Morgan fingerprint density at radius 2 is 2.26 bits per heavy atom. The highest BCUT2D eigenvalue weighted by Gasteiger charge is 2.37. The Labute approximate surface area is 144 Å². The molecule has 2 heterocycles. The number of likely N-dealkylation sites (tertiary alicyclic amines) is 1. The van der Waals surface area contributed by atoms with Crippen LogP contribution in [0.25, 0.3) is 10.1 Å². The first-order valence-electron chi connectivity index (χ1n) is 7.15. The third-order valence-electron chi connectivity index (χ3n) is 4.00. The van der Waals surface area contributed by atoms with Gasteiger partial charge in [-0.25, -0.2) is 4.39 Å². The summed E-state index contributed by atoms with van der Waals surface area (Å²) >= 11 is 1.61. The molecule has 1 amide bonds. The number of nitrogens with zero attached hydrogens (tertiary/aromatic N) is 2. The van der Waals surface area contributed by atoms with Crippen LogP contribution in [-0.4, -0.2) is 35.6 Å². The number of carbonyl (C=O) groups is 1. The first kappa shape index (κ1) is 17.7. The van der Waals surface area contributed by atoms with E-state index in [1.54, 1.807) is 11.3 Å². The van der Waals surface area contributed by atoms with Crippen molar-refractivity contribution >= 4 is 39.7 Å². The molecule has 3 atom stereocenters. The van der Waals surface area contributed by atoms with Gasteiger partial charge in [0.25, 0.3) is 0 Å². The summed E-state index contributed by atoms with van der Waals surface area (Å²) in [6, 6.07) is 8.48. The smallest absolute Gasteiger partial charge is 0.241 e. The molecule has 0 radical (unpaired) electrons. The van der Waals surface area contributed by atoms with Crippen molar-refractivity contribution in [3.05, 3.63) is 35.2 Å². The predicted molar refractivity (Wildman–Crippen MR) is 91.4 cm³/mol. The predicted octanol–water partition coefficient (Wildman–Crippen LogP) is 2.66. The summed E-state index contributed by atoms with van der Waals surface area (Å²) in [6.45, 7) is -0.0326. The fourth-order valence-electron chi connectivity index (χ4n) is 2.88. The number of halogens is 2. The number of alkyl halides is 1. The molecule has 0 saturated carbocycles. The van der Waals surface area contributed by atoms with Crippen LogP contribution in [0.2, 0.25) is 0 Å². The van der Waals surface area contributed by atoms with Crippen molar-refractivity contribution in [3.8, 4) is 6.07 Å². The molecule has 0 bridgehead atoms. The number of benzene rings is 1. The third kappa shape index (κ3) is 3.47. The maximum atomic E-state index is 13.4. The van der Waals surface area contributed by atoms with Crippen LogP contribution in [0.1, 0.15) is 12.0 Å². The standard InChI is InChI=1S/C16H16FN3OS.ClH/c17-11-6-12(7-18)20(8-11)16(21)14(19)5-10-9-22-15-4-2-1-3-13(10)15;/h1-4,9,11-12,14H,5-6,8,19H2;1H/t11-,12-,14-;/m0./s1. The van der Waals surface area contributed by atoms with Crippen molar-refractivity contribution < 1.29 is 9.18 Å². The van der Waals surface area contributed by atoms with Gasteiger partial charge < -0.3 is 10.6 Å². The molecule has 2 aromatic rings. The first-order chi connectivity index (χ1) is 10.6. The number of nitrogens with two attached hydrogens (primary N) is 1. The SMILES string of the molecule is Cl.N#C[C@@H]1C[C@H](F)CN1C(=O)[C@@H](N)Cc1csc2ccccc12. The second-order valence-electron chi connectivity index (χ2n) is 5.54. The molecule has 23 heavy (non-hydrogen) atoms. The number of hydrogen-bond donors (Lipinski definition) is 1. The molecule has 122 valence electrons. The Balaban J connectivity index is 0.00000192. The summed E-state index contributed by atoms with van der Waals surface area (Å²) in [5, 5.41) is 12.1. The molecule has 7 heteroatoms. The van der Waals surface area contributed by atoms with Crippen molar-refractivity contribution in [2.75, 3.05) is 6.54 Å². The molecule has 0 unspecified atom stereocenters. The molecule has 1 fully saturated rings. The minimum Gasteiger partial charge on any atom is -0.322 e. The highest BCUT2D eigenvalue weighted by molar-refractivity contribution is 7.17. The van der Waals surface area contributed by atoms with Crippen molar-refractivity contribution in [1.29, 1.82) is 5.26 Å². The Hall–Kier alpha value is -1.68. The maximum Gasteiger partial charge on any atom is 0.241 e. The molecule has 2 N–H and O–H groups in total. The molecular weight excluding hydrogens is 337 g/mol. The first-order valence-corrected chi connectivity index (χ1v) is 8.03. The number of hydrogen-bond acceptors (Lipinski definition) is 4. The topological polar surface area (TPSA) is 70.1 Å². The largest absolute Gasteiger partial charge is 0.322 e. The van der Waals surface area contributed by atoms with Crippen molar-refractivity contribution in [2.24, 2.45) is 5.73 Å². The Bertz CT molecular complexity index is 744. The van der Waals surface area contributed by atoms with Crippen molar-refractivity contribution in [3.63, 3.8) is 0 Å². The third-order valence-corrected chi connectivity index (χ3v) is 5.01. The van der Waals surface area contributed by atoms with Crippen molar-refractivity contribution in [1.82, 2.24) is 4.90 Å². The van der Waals surface area contributed by atoms with Gasteiger partial charge in [-0.05, 0) is 28.8 Å². The van der Waals surface area contributed by atoms with E-state index in [-0.39, 0.29) is 31.3 Å². The van der Waals surface area contributed by atoms with E-state index >= 15 is 0 Å². The highest BCUT2D eigenvalue weighted by atomic mass is 35.5. The van der Waals surface area contributed by atoms with Gasteiger partial charge in [0, 0.05) is 11.1 Å². The number of fused-ring (bicyclic) bond motifs is 1. The second-order valence-corrected chi connectivity index (χ2v) is 6.45. The van der Waals surface area contributed by atoms with E-state index in [1.807, 2.05) is 35.7 Å². The van der Waals surface area contributed by atoms with Crippen LogP contribution in [0.3, 0.4) is 0 Å². The molecule has 1 aromatic carbocycles. The van der Waals surface area contributed by atoms with Gasteiger partial charge in [-0.3, -0.25) is 4.79 Å². The van der Waals surface area contributed by atoms with Crippen LogP contribution >= 0.6 is 23.7 Å². The van der Waals surface area contributed by atoms with Gasteiger partial charge in [-0.1, -0.05) is 18.2 Å². The molecule has 4 nitrogen and oxygen atoms in total. The molecular formula is C16H17ClFN3OS. The highest BCUT2D eigenvalue weighted by Crippen LogP contribution is 2.27. The summed E-state index contributed by atoms with van der Waals surface area (Å²) in [7, 11) is 0. The Kier molecular flexibility index (Phi) is 5.58. The van der Waals surface area contributed by atoms with Gasteiger partial charge in [0.15, 0.2) is 0 Å². The van der Waals surface area contributed by atoms with Crippen LogP contribution in [-0.2, 0) is 11.2 Å². The zero-order chi connectivity index (χ0) is 15.7. The normalized spacial score (nSPS) is 21.7. The Morgan fingerprint density at radius 3 is 3.00 bits per heavy atom. The number of nitriles is 1. The summed E-state index contributed by atoms with van der Waals surface area (Å²) in [6.07, 6.45) is -0.659. The van der Waals surface area contributed by atoms with E-state index in [0.717, 1.165) is 15.6 Å². The fourth-order valence-corrected chi connectivity index (χ4v) is 3.85. The van der Waals surface area contributed by atoms with E-state index in [0.29, 0.717) is 6.42 Å². The lowest BCUT2D eigenvalue weighted by Crippen LogP contribution is -2.46. The van der Waals surface area contributed by atoms with Gasteiger partial charge in [0.2, 0.25) is 5.91 Å². The fraction of sp³-hybridized carbons (Fsp3) is 0.375. The summed E-state index contributed by atoms with van der Waals surface area (Å²) in [4.78, 5) is 13.7. The van der Waals surface area contributed by atoms with Crippen LogP contribution < -0.4 is 5.73 Å². The molecule has 3 rings (SSSR count). The van der Waals surface area contributed by atoms with Gasteiger partial charge >= 0.3 is 0 Å². The van der Waals surface area contributed by atoms with E-state index in [2.05, 4.69) is 0 Å². The molecule has 0 spiro atoms. The lowest BCUT2D eigenvalue weighted by atomic mass is 10.0. The van der Waals surface area contributed by atoms with Crippen LogP contribution in [0.5, 0.6) is 0 Å². The van der Waals surface area contributed by atoms with Gasteiger partial charge in [-0.15, -0.1) is 23.7 Å². The Morgan fingerprint density at radius 1 is 1.52 bits per heavy atom. The molecule has 1 saturated heterocycles. The summed E-state index contributed by atoms with van der Waals surface area (Å²) in [5.74, 6) is -0.345. The molecule has 0 aliphatic carbocycles.